The van der Waals surface area contributed by atoms with Crippen molar-refractivity contribution < 1.29 is 4.68 Å². The van der Waals surface area contributed by atoms with E-state index in [9.17, 15) is 0 Å². The predicted octanol–water partition coefficient (Wildman–Crippen LogP) is 4.78. The van der Waals surface area contributed by atoms with E-state index in [1.165, 1.54) is 33.6 Å². The van der Waals surface area contributed by atoms with Gasteiger partial charge in [-0.1, -0.05) is 60.6 Å². The van der Waals surface area contributed by atoms with Crippen molar-refractivity contribution in [2.45, 2.75) is 78.6 Å². The number of benzene rings is 1. The third-order valence-corrected chi connectivity index (χ3v) is 6.56. The quantitative estimate of drug-likeness (QED) is 0.616. The molecule has 0 fully saturated rings. The van der Waals surface area contributed by atoms with Gasteiger partial charge >= 0.3 is 0 Å². The highest BCUT2D eigenvalue weighted by Crippen LogP contribution is 2.51. The van der Waals surface area contributed by atoms with Crippen molar-refractivity contribution in [1.82, 2.24) is 4.68 Å². The molecule has 1 aliphatic heterocycles. The van der Waals surface area contributed by atoms with Crippen LogP contribution in [0.2, 0.25) is 0 Å². The zero-order chi connectivity index (χ0) is 18.2. The fraction of sp³-hybridized carbons (Fsp3) is 0.591. The van der Waals surface area contributed by atoms with Crippen LogP contribution < -0.4 is 4.68 Å². The minimum atomic E-state index is 0.0705. The summed E-state index contributed by atoms with van der Waals surface area (Å²) in [6.45, 7) is 21.0. The Kier molecular flexibility index (Phi) is 3.41. The summed E-state index contributed by atoms with van der Waals surface area (Å²) in [5.74, 6) is 0. The molecule has 0 atom stereocenters. The molecular formula is C22H33N2+. The van der Waals surface area contributed by atoms with Crippen LogP contribution in [0.5, 0.6) is 0 Å². The van der Waals surface area contributed by atoms with E-state index in [1.54, 1.807) is 0 Å². The summed E-state index contributed by atoms with van der Waals surface area (Å²) in [7, 11) is 2.16. The first-order chi connectivity index (χ1) is 10.8. The van der Waals surface area contributed by atoms with Gasteiger partial charge in [0.05, 0.1) is 5.69 Å². The van der Waals surface area contributed by atoms with Crippen molar-refractivity contribution in [2.24, 2.45) is 7.05 Å². The normalized spacial score (nSPS) is 18.2. The Morgan fingerprint density at radius 3 is 2.08 bits per heavy atom. The third-order valence-electron chi connectivity index (χ3n) is 6.56. The summed E-state index contributed by atoms with van der Waals surface area (Å²) in [5, 5.41) is 0. The summed E-state index contributed by atoms with van der Waals surface area (Å²) in [6.07, 6.45) is 2.27. The lowest BCUT2D eigenvalue weighted by Gasteiger charge is -2.47. The van der Waals surface area contributed by atoms with E-state index in [4.69, 9.17) is 0 Å². The molecule has 0 saturated heterocycles. The van der Waals surface area contributed by atoms with Crippen LogP contribution in [0.3, 0.4) is 0 Å². The van der Waals surface area contributed by atoms with Gasteiger partial charge in [0, 0.05) is 16.4 Å². The van der Waals surface area contributed by atoms with Gasteiger partial charge in [0.1, 0.15) is 5.69 Å². The van der Waals surface area contributed by atoms with E-state index in [1.807, 2.05) is 0 Å². The molecule has 1 aromatic carbocycles. The summed E-state index contributed by atoms with van der Waals surface area (Å²) >= 11 is 0. The third kappa shape index (κ3) is 1.98. The first kappa shape index (κ1) is 17.3. The Labute approximate surface area is 147 Å². The Bertz CT molecular complexity index is 827. The molecule has 2 heterocycles. The second-order valence-electron chi connectivity index (χ2n) is 9.68. The van der Waals surface area contributed by atoms with Gasteiger partial charge in [-0.3, -0.25) is 0 Å². The molecule has 24 heavy (non-hydrogen) atoms. The molecule has 0 spiro atoms. The minimum absolute atomic E-state index is 0.0705. The van der Waals surface area contributed by atoms with Gasteiger partial charge in [-0.05, 0) is 36.0 Å². The van der Waals surface area contributed by atoms with E-state index in [0.29, 0.717) is 0 Å². The van der Waals surface area contributed by atoms with Crippen LogP contribution in [-0.2, 0) is 23.3 Å². The Morgan fingerprint density at radius 2 is 1.54 bits per heavy atom. The van der Waals surface area contributed by atoms with E-state index in [0.717, 1.165) is 0 Å². The molecule has 2 heteroatoms. The molecule has 0 unspecified atom stereocenters. The number of hydrogen-bond acceptors (Lipinski definition) is 0. The van der Waals surface area contributed by atoms with Crippen molar-refractivity contribution in [2.75, 3.05) is 0 Å². The van der Waals surface area contributed by atoms with E-state index >= 15 is 0 Å². The SMILES string of the molecule is Cc1c[n+](C)n2c1C(C)(C)C(C)(C)c1ccc(C(C)(C)C)c(C)c1-2. The lowest BCUT2D eigenvalue weighted by atomic mass is 9.59. The molecule has 0 radical (unpaired) electrons. The summed E-state index contributed by atoms with van der Waals surface area (Å²) in [5.41, 5.74) is 8.81. The fourth-order valence-electron chi connectivity index (χ4n) is 4.67. The van der Waals surface area contributed by atoms with E-state index < -0.39 is 0 Å². The summed E-state index contributed by atoms with van der Waals surface area (Å²) < 4.78 is 4.72. The van der Waals surface area contributed by atoms with E-state index in [-0.39, 0.29) is 16.2 Å². The van der Waals surface area contributed by atoms with Gasteiger partial charge in [0.2, 0.25) is 0 Å². The highest BCUT2D eigenvalue weighted by molar-refractivity contribution is 5.60. The van der Waals surface area contributed by atoms with Crippen molar-refractivity contribution in [3.63, 3.8) is 0 Å². The van der Waals surface area contributed by atoms with Crippen LogP contribution >= 0.6 is 0 Å². The topological polar surface area (TPSA) is 8.81 Å². The van der Waals surface area contributed by atoms with Gasteiger partial charge in [-0.25, -0.2) is 0 Å². The van der Waals surface area contributed by atoms with Crippen LogP contribution in [0.25, 0.3) is 5.69 Å². The second-order valence-corrected chi connectivity index (χ2v) is 9.68. The number of hydrogen-bond donors (Lipinski definition) is 0. The molecule has 2 nitrogen and oxygen atoms in total. The maximum atomic E-state index is 2.46. The number of aromatic nitrogens is 2. The van der Waals surface area contributed by atoms with Crippen molar-refractivity contribution in [1.29, 1.82) is 0 Å². The Hall–Kier alpha value is -1.57. The monoisotopic (exact) mass is 325 g/mol. The number of nitrogens with zero attached hydrogens (tertiary/aromatic N) is 2. The molecule has 2 aromatic rings. The molecule has 3 rings (SSSR count). The summed E-state index contributed by atoms with van der Waals surface area (Å²) in [6, 6.07) is 4.73. The smallest absolute Gasteiger partial charge is 0.124 e. The van der Waals surface area contributed by atoms with Crippen LogP contribution in [0.1, 0.15) is 76.4 Å². The summed E-state index contributed by atoms with van der Waals surface area (Å²) in [4.78, 5) is 0. The standard InChI is InChI=1S/C22H33N2/c1-14-13-23(10)24-18-15(2)16(20(3,4)5)11-12-17(18)21(6,7)22(8,9)19(14)24/h11-13H,1-10H3/q+1. The van der Waals surface area contributed by atoms with Crippen LogP contribution in [-0.4, -0.2) is 4.68 Å². The average molecular weight is 326 g/mol. The van der Waals surface area contributed by atoms with Gasteiger partial charge in [0.25, 0.3) is 0 Å². The highest BCUT2D eigenvalue weighted by atomic mass is 15.4. The predicted molar refractivity (Wildman–Crippen MR) is 101 cm³/mol. The molecule has 1 aromatic heterocycles. The molecular weight excluding hydrogens is 292 g/mol. The van der Waals surface area contributed by atoms with Crippen LogP contribution in [0, 0.1) is 13.8 Å². The second kappa shape index (κ2) is 4.74. The van der Waals surface area contributed by atoms with Gasteiger partial charge in [0.15, 0.2) is 13.2 Å². The largest absolute Gasteiger partial charge is 0.199 e. The first-order valence-electron chi connectivity index (χ1n) is 9.05. The molecule has 130 valence electrons. The van der Waals surface area contributed by atoms with Crippen molar-refractivity contribution in [3.05, 3.63) is 46.3 Å². The molecule has 0 amide bonds. The zero-order valence-corrected chi connectivity index (χ0v) is 17.1. The Balaban J connectivity index is 2.50. The number of rotatable bonds is 0. The van der Waals surface area contributed by atoms with Crippen LogP contribution in [0.4, 0.5) is 0 Å². The lowest BCUT2D eigenvalue weighted by Crippen LogP contribution is -2.51. The zero-order valence-electron chi connectivity index (χ0n) is 17.1. The number of fused-ring (bicyclic) bond motifs is 3. The lowest BCUT2D eigenvalue weighted by molar-refractivity contribution is -0.745. The Morgan fingerprint density at radius 1 is 0.958 bits per heavy atom. The number of aryl methyl sites for hydroxylation is 2. The highest BCUT2D eigenvalue weighted by Gasteiger charge is 2.50. The molecule has 1 aliphatic rings. The maximum Gasteiger partial charge on any atom is 0.199 e. The van der Waals surface area contributed by atoms with Gasteiger partial charge in [-0.2, -0.15) is 0 Å². The molecule has 0 saturated carbocycles. The molecule has 0 aliphatic carbocycles. The maximum absolute atomic E-state index is 2.46. The van der Waals surface area contributed by atoms with Crippen LogP contribution in [0.15, 0.2) is 18.3 Å². The minimum Gasteiger partial charge on any atom is -0.124 e. The van der Waals surface area contributed by atoms with Gasteiger partial charge < -0.3 is 0 Å². The van der Waals surface area contributed by atoms with Crippen molar-refractivity contribution >= 4 is 0 Å². The van der Waals surface area contributed by atoms with Crippen molar-refractivity contribution in [3.8, 4) is 5.69 Å². The fourth-order valence-corrected chi connectivity index (χ4v) is 4.67. The molecule has 0 bridgehead atoms. The van der Waals surface area contributed by atoms with Gasteiger partial charge in [-0.15, -0.1) is 9.36 Å². The average Bonchev–Trinajstić information content (AvgIpc) is 2.70. The van der Waals surface area contributed by atoms with E-state index in [2.05, 4.69) is 97.1 Å². The molecule has 0 N–H and O–H groups in total. The first-order valence-corrected chi connectivity index (χ1v) is 9.05.